The SMILES string of the molecule is Oc1ccc2ccc(Br)cc2c1-c1cccc2oc(-c3ccccc3)nc12. The molecule has 0 bridgehead atoms. The second-order valence-corrected chi connectivity index (χ2v) is 7.28. The monoisotopic (exact) mass is 415 g/mol. The van der Waals surface area contributed by atoms with E-state index in [0.29, 0.717) is 11.5 Å². The van der Waals surface area contributed by atoms with Crippen LogP contribution in [0.1, 0.15) is 0 Å². The average Bonchev–Trinajstić information content (AvgIpc) is 3.13. The second-order valence-electron chi connectivity index (χ2n) is 6.36. The minimum atomic E-state index is 0.220. The van der Waals surface area contributed by atoms with Crippen molar-refractivity contribution < 1.29 is 9.52 Å². The lowest BCUT2D eigenvalue weighted by molar-refractivity contribution is 0.478. The third-order valence-electron chi connectivity index (χ3n) is 4.67. The van der Waals surface area contributed by atoms with E-state index in [4.69, 9.17) is 9.40 Å². The van der Waals surface area contributed by atoms with E-state index >= 15 is 0 Å². The number of rotatable bonds is 2. The van der Waals surface area contributed by atoms with Crippen molar-refractivity contribution in [3.8, 4) is 28.3 Å². The highest BCUT2D eigenvalue weighted by atomic mass is 79.9. The minimum Gasteiger partial charge on any atom is -0.507 e. The summed E-state index contributed by atoms with van der Waals surface area (Å²) >= 11 is 3.53. The zero-order chi connectivity index (χ0) is 18.4. The summed E-state index contributed by atoms with van der Waals surface area (Å²) in [5, 5.41) is 12.7. The summed E-state index contributed by atoms with van der Waals surface area (Å²) in [6, 6.07) is 25.3. The number of phenols is 1. The normalized spacial score (nSPS) is 11.3. The first-order chi connectivity index (χ1) is 13.2. The Kier molecular flexibility index (Phi) is 3.73. The van der Waals surface area contributed by atoms with Gasteiger partial charge in [-0.05, 0) is 47.2 Å². The predicted octanol–water partition coefficient (Wildman–Crippen LogP) is 6.78. The maximum Gasteiger partial charge on any atom is 0.227 e. The smallest absolute Gasteiger partial charge is 0.227 e. The topological polar surface area (TPSA) is 46.3 Å². The molecule has 27 heavy (non-hydrogen) atoms. The molecule has 0 spiro atoms. The number of aromatic nitrogens is 1. The number of phenolic OH excluding ortho intramolecular Hbond substituents is 1. The molecule has 0 saturated heterocycles. The molecular weight excluding hydrogens is 402 g/mol. The molecule has 5 aromatic rings. The number of fused-ring (bicyclic) bond motifs is 2. The fourth-order valence-electron chi connectivity index (χ4n) is 3.42. The van der Waals surface area contributed by atoms with Crippen LogP contribution in [0, 0.1) is 0 Å². The molecule has 1 heterocycles. The molecule has 0 unspecified atom stereocenters. The molecular formula is C23H14BrNO2. The van der Waals surface area contributed by atoms with Gasteiger partial charge >= 0.3 is 0 Å². The van der Waals surface area contributed by atoms with E-state index in [9.17, 15) is 5.11 Å². The largest absolute Gasteiger partial charge is 0.507 e. The minimum absolute atomic E-state index is 0.220. The Bertz CT molecular complexity index is 1290. The van der Waals surface area contributed by atoms with Gasteiger partial charge in [0.2, 0.25) is 5.89 Å². The maximum absolute atomic E-state index is 10.7. The molecule has 1 aromatic heterocycles. The van der Waals surface area contributed by atoms with Crippen molar-refractivity contribution >= 4 is 37.8 Å². The van der Waals surface area contributed by atoms with E-state index in [2.05, 4.69) is 15.9 Å². The number of aromatic hydroxyl groups is 1. The Morgan fingerprint density at radius 2 is 1.67 bits per heavy atom. The Hall–Kier alpha value is -3.11. The highest BCUT2D eigenvalue weighted by molar-refractivity contribution is 9.10. The van der Waals surface area contributed by atoms with Gasteiger partial charge in [-0.1, -0.05) is 58.4 Å². The van der Waals surface area contributed by atoms with Gasteiger partial charge in [0.05, 0.1) is 0 Å². The second kappa shape index (κ2) is 6.25. The first-order valence-electron chi connectivity index (χ1n) is 8.57. The van der Waals surface area contributed by atoms with Crippen molar-refractivity contribution in [3.63, 3.8) is 0 Å². The lowest BCUT2D eigenvalue weighted by Crippen LogP contribution is -1.85. The third kappa shape index (κ3) is 2.69. The van der Waals surface area contributed by atoms with Crippen LogP contribution in [-0.2, 0) is 0 Å². The molecule has 0 amide bonds. The maximum atomic E-state index is 10.7. The molecule has 130 valence electrons. The van der Waals surface area contributed by atoms with Gasteiger partial charge in [-0.15, -0.1) is 0 Å². The summed E-state index contributed by atoms with van der Waals surface area (Å²) in [7, 11) is 0. The van der Waals surface area contributed by atoms with Gasteiger partial charge in [-0.25, -0.2) is 4.98 Å². The van der Waals surface area contributed by atoms with E-state index in [-0.39, 0.29) is 5.75 Å². The zero-order valence-corrected chi connectivity index (χ0v) is 15.8. The average molecular weight is 416 g/mol. The summed E-state index contributed by atoms with van der Waals surface area (Å²) < 4.78 is 6.95. The van der Waals surface area contributed by atoms with Crippen LogP contribution in [0.2, 0.25) is 0 Å². The van der Waals surface area contributed by atoms with Crippen LogP contribution in [0.3, 0.4) is 0 Å². The number of para-hydroxylation sites is 1. The first kappa shape index (κ1) is 16.1. The lowest BCUT2D eigenvalue weighted by Gasteiger charge is -2.10. The molecule has 0 aliphatic heterocycles. The van der Waals surface area contributed by atoms with Crippen LogP contribution < -0.4 is 0 Å². The van der Waals surface area contributed by atoms with Crippen molar-refractivity contribution in [1.29, 1.82) is 0 Å². The third-order valence-corrected chi connectivity index (χ3v) is 5.16. The molecule has 4 heteroatoms. The van der Waals surface area contributed by atoms with Gasteiger partial charge in [0.25, 0.3) is 0 Å². The van der Waals surface area contributed by atoms with E-state index in [1.54, 1.807) is 6.07 Å². The van der Waals surface area contributed by atoms with E-state index in [1.807, 2.05) is 72.8 Å². The fourth-order valence-corrected chi connectivity index (χ4v) is 3.78. The van der Waals surface area contributed by atoms with Crippen molar-refractivity contribution in [1.82, 2.24) is 4.98 Å². The number of hydrogen-bond donors (Lipinski definition) is 1. The molecule has 5 rings (SSSR count). The van der Waals surface area contributed by atoms with Crippen molar-refractivity contribution in [3.05, 3.63) is 83.3 Å². The molecule has 3 nitrogen and oxygen atoms in total. The molecule has 0 fully saturated rings. The van der Waals surface area contributed by atoms with Crippen LogP contribution in [0.5, 0.6) is 5.75 Å². The number of benzene rings is 4. The predicted molar refractivity (Wildman–Crippen MR) is 112 cm³/mol. The van der Waals surface area contributed by atoms with Gasteiger partial charge in [0.15, 0.2) is 5.58 Å². The molecule has 0 atom stereocenters. The number of nitrogens with zero attached hydrogens (tertiary/aromatic N) is 1. The van der Waals surface area contributed by atoms with E-state index in [0.717, 1.165) is 37.5 Å². The van der Waals surface area contributed by atoms with Gasteiger partial charge < -0.3 is 9.52 Å². The van der Waals surface area contributed by atoms with Crippen molar-refractivity contribution in [2.24, 2.45) is 0 Å². The zero-order valence-electron chi connectivity index (χ0n) is 14.2. The standard InChI is InChI=1S/C23H14BrNO2/c24-16-11-9-14-10-12-19(26)21(18(14)13-16)17-7-4-8-20-22(17)25-23(27-20)15-5-2-1-3-6-15/h1-13,26H. The number of hydrogen-bond acceptors (Lipinski definition) is 3. The highest BCUT2D eigenvalue weighted by Crippen LogP contribution is 2.41. The van der Waals surface area contributed by atoms with Crippen molar-refractivity contribution in [2.45, 2.75) is 0 Å². The summed E-state index contributed by atoms with van der Waals surface area (Å²) in [4.78, 5) is 4.74. The molecule has 0 aliphatic rings. The van der Waals surface area contributed by atoms with Crippen LogP contribution in [0.4, 0.5) is 0 Å². The van der Waals surface area contributed by atoms with E-state index in [1.165, 1.54) is 0 Å². The van der Waals surface area contributed by atoms with Crippen LogP contribution in [0.25, 0.3) is 44.5 Å². The Morgan fingerprint density at radius 1 is 0.852 bits per heavy atom. The Morgan fingerprint density at radius 3 is 2.52 bits per heavy atom. The summed E-state index contributed by atoms with van der Waals surface area (Å²) in [5.74, 6) is 0.788. The number of oxazole rings is 1. The summed E-state index contributed by atoms with van der Waals surface area (Å²) in [5.41, 5.74) is 3.95. The van der Waals surface area contributed by atoms with Crippen LogP contribution in [-0.4, -0.2) is 10.1 Å². The quantitative estimate of drug-likeness (QED) is 0.345. The molecule has 0 radical (unpaired) electrons. The van der Waals surface area contributed by atoms with Gasteiger partial charge in [0, 0.05) is 21.2 Å². The summed E-state index contributed by atoms with van der Waals surface area (Å²) in [6.07, 6.45) is 0. The van der Waals surface area contributed by atoms with E-state index < -0.39 is 0 Å². The molecule has 1 N–H and O–H groups in total. The van der Waals surface area contributed by atoms with Crippen LogP contribution >= 0.6 is 15.9 Å². The lowest BCUT2D eigenvalue weighted by atomic mass is 9.96. The van der Waals surface area contributed by atoms with Gasteiger partial charge in [-0.3, -0.25) is 0 Å². The first-order valence-corrected chi connectivity index (χ1v) is 9.36. The molecule has 0 aliphatic carbocycles. The number of halogens is 1. The highest BCUT2D eigenvalue weighted by Gasteiger charge is 2.17. The van der Waals surface area contributed by atoms with Gasteiger partial charge in [0.1, 0.15) is 11.3 Å². The molecule has 4 aromatic carbocycles. The Balaban J connectivity index is 1.82. The van der Waals surface area contributed by atoms with Gasteiger partial charge in [-0.2, -0.15) is 0 Å². The molecule has 0 saturated carbocycles. The summed E-state index contributed by atoms with van der Waals surface area (Å²) in [6.45, 7) is 0. The van der Waals surface area contributed by atoms with Crippen LogP contribution in [0.15, 0.2) is 87.8 Å². The van der Waals surface area contributed by atoms with Crippen molar-refractivity contribution in [2.75, 3.05) is 0 Å². The fraction of sp³-hybridized carbons (Fsp3) is 0. The Labute approximate surface area is 164 Å².